The predicted molar refractivity (Wildman–Crippen MR) is 65.0 cm³/mol. The third kappa shape index (κ3) is 5.02. The summed E-state index contributed by atoms with van der Waals surface area (Å²) in [5.74, 6) is -1.10. The Bertz CT molecular complexity index is 480. The zero-order chi connectivity index (χ0) is 13.4. The Morgan fingerprint density at radius 3 is 2.22 bits per heavy atom. The van der Waals surface area contributed by atoms with E-state index in [0.717, 1.165) is 0 Å². The summed E-state index contributed by atoms with van der Waals surface area (Å²) in [5, 5.41) is 7.05. The van der Waals surface area contributed by atoms with E-state index in [4.69, 9.17) is 0 Å². The van der Waals surface area contributed by atoms with Gasteiger partial charge in [-0.2, -0.15) is 0 Å². The second kappa shape index (κ2) is 6.95. The highest BCUT2D eigenvalue weighted by molar-refractivity contribution is 6.38. The predicted octanol–water partition coefficient (Wildman–Crippen LogP) is 1.50. The smallest absolute Gasteiger partial charge is 0.319 e. The summed E-state index contributed by atoms with van der Waals surface area (Å²) in [5.41, 5.74) is 0.946. The minimum atomic E-state index is -0.552. The van der Waals surface area contributed by atoms with Gasteiger partial charge in [-0.15, -0.1) is 0 Å². The molecule has 0 unspecified atom stereocenters. The lowest BCUT2D eigenvalue weighted by atomic mass is 10.1. The number of rotatable bonds is 4. The van der Waals surface area contributed by atoms with Gasteiger partial charge < -0.3 is 9.68 Å². The normalized spacial score (nSPS) is 11.3. The molecule has 0 radical (unpaired) electrons. The maximum atomic E-state index is 10.7. The van der Waals surface area contributed by atoms with E-state index in [1.165, 1.54) is 20.1 Å². The van der Waals surface area contributed by atoms with Crippen molar-refractivity contribution < 1.29 is 19.3 Å². The monoisotopic (exact) mass is 248 g/mol. The number of hydrogen-bond acceptors (Lipinski definition) is 6. The van der Waals surface area contributed by atoms with Crippen LogP contribution in [0.2, 0.25) is 0 Å². The lowest BCUT2D eigenvalue weighted by Gasteiger charge is -1.99. The molecule has 0 heterocycles. The average Bonchev–Trinajstić information content (AvgIpc) is 2.34. The highest BCUT2D eigenvalue weighted by atomic mass is 16.7. The van der Waals surface area contributed by atoms with Gasteiger partial charge in [-0.25, -0.2) is 9.59 Å². The molecule has 0 aliphatic carbocycles. The molecule has 0 spiro atoms. The molecule has 0 saturated heterocycles. The van der Waals surface area contributed by atoms with Gasteiger partial charge in [0.2, 0.25) is 0 Å². The molecule has 1 aromatic rings. The molecule has 18 heavy (non-hydrogen) atoms. The number of benzene rings is 1. The third-order valence-corrected chi connectivity index (χ3v) is 1.70. The lowest BCUT2D eigenvalue weighted by Crippen LogP contribution is -2.06. The first kappa shape index (κ1) is 13.6. The van der Waals surface area contributed by atoms with Crippen LogP contribution in [0.4, 0.5) is 0 Å². The molecule has 0 fully saturated rings. The Morgan fingerprint density at radius 1 is 1.06 bits per heavy atom. The minimum Gasteiger partial charge on any atom is -0.319 e. The Balaban J connectivity index is 2.89. The first-order valence-corrected chi connectivity index (χ1v) is 5.11. The Kier molecular flexibility index (Phi) is 5.24. The first-order valence-electron chi connectivity index (χ1n) is 5.11. The van der Waals surface area contributed by atoms with Crippen LogP contribution < -0.4 is 0 Å². The largest absolute Gasteiger partial charge is 0.332 e. The number of nitrogens with zero attached hydrogens (tertiary/aromatic N) is 2. The van der Waals surface area contributed by atoms with Crippen LogP contribution in [0.1, 0.15) is 19.4 Å². The molecule has 1 aromatic carbocycles. The van der Waals surface area contributed by atoms with Crippen molar-refractivity contribution in [3.05, 3.63) is 35.9 Å². The van der Waals surface area contributed by atoms with E-state index in [1.807, 2.05) is 6.07 Å². The Morgan fingerprint density at radius 2 is 1.67 bits per heavy atom. The van der Waals surface area contributed by atoms with Crippen molar-refractivity contribution in [1.82, 2.24) is 0 Å². The number of hydrogen-bond donors (Lipinski definition) is 0. The molecule has 6 nitrogen and oxygen atoms in total. The van der Waals surface area contributed by atoms with Crippen molar-refractivity contribution in [3.63, 3.8) is 0 Å². The third-order valence-electron chi connectivity index (χ3n) is 1.70. The van der Waals surface area contributed by atoms with Crippen LogP contribution in [-0.4, -0.2) is 23.9 Å². The van der Waals surface area contributed by atoms with Gasteiger partial charge in [0.05, 0.1) is 6.21 Å². The standard InChI is InChI=1S/C12H12N2O4/c1-9(15)17-13-8-12(14-18-10(2)16)11-6-4-3-5-7-11/h3-8H,1-2H3. The molecular formula is C12H12N2O4. The van der Waals surface area contributed by atoms with E-state index in [2.05, 4.69) is 20.0 Å². The molecular weight excluding hydrogens is 236 g/mol. The molecule has 0 saturated carbocycles. The minimum absolute atomic E-state index is 0.270. The maximum Gasteiger partial charge on any atom is 0.332 e. The van der Waals surface area contributed by atoms with Crippen molar-refractivity contribution in [2.24, 2.45) is 10.3 Å². The zero-order valence-corrected chi connectivity index (χ0v) is 9.99. The van der Waals surface area contributed by atoms with E-state index >= 15 is 0 Å². The number of carbonyl (C=O) groups excluding carboxylic acids is 2. The summed E-state index contributed by atoms with van der Waals surface area (Å²) in [6, 6.07) is 8.91. The zero-order valence-electron chi connectivity index (χ0n) is 9.99. The Hall–Kier alpha value is -2.50. The van der Waals surface area contributed by atoms with E-state index in [1.54, 1.807) is 24.3 Å². The molecule has 6 heteroatoms. The lowest BCUT2D eigenvalue weighted by molar-refractivity contribution is -0.142. The quantitative estimate of drug-likeness (QED) is 0.459. The van der Waals surface area contributed by atoms with Crippen LogP contribution in [0, 0.1) is 0 Å². The summed E-state index contributed by atoms with van der Waals surface area (Å²) in [6.45, 7) is 2.46. The molecule has 0 N–H and O–H groups in total. The molecule has 0 bridgehead atoms. The van der Waals surface area contributed by atoms with Gasteiger partial charge >= 0.3 is 11.9 Å². The average molecular weight is 248 g/mol. The van der Waals surface area contributed by atoms with E-state index in [0.29, 0.717) is 5.56 Å². The highest BCUT2D eigenvalue weighted by Crippen LogP contribution is 2.01. The van der Waals surface area contributed by atoms with Crippen LogP contribution in [0.25, 0.3) is 0 Å². The van der Waals surface area contributed by atoms with Gasteiger partial charge in [-0.05, 0) is 0 Å². The van der Waals surface area contributed by atoms with E-state index < -0.39 is 11.9 Å². The second-order valence-corrected chi connectivity index (χ2v) is 3.24. The second-order valence-electron chi connectivity index (χ2n) is 3.24. The first-order chi connectivity index (χ1) is 8.59. The fraction of sp³-hybridized carbons (Fsp3) is 0.167. The van der Waals surface area contributed by atoms with Gasteiger partial charge in [0.15, 0.2) is 0 Å². The summed E-state index contributed by atoms with van der Waals surface area (Å²) in [6.07, 6.45) is 1.19. The van der Waals surface area contributed by atoms with Gasteiger partial charge in [0, 0.05) is 19.4 Å². The summed E-state index contributed by atoms with van der Waals surface area (Å²) in [4.78, 5) is 30.2. The van der Waals surface area contributed by atoms with E-state index in [-0.39, 0.29) is 5.71 Å². The highest BCUT2D eigenvalue weighted by Gasteiger charge is 2.02. The summed E-state index contributed by atoms with van der Waals surface area (Å²) >= 11 is 0. The molecule has 94 valence electrons. The van der Waals surface area contributed by atoms with Crippen molar-refractivity contribution in [2.75, 3.05) is 0 Å². The molecule has 0 atom stereocenters. The SMILES string of the molecule is CC(=O)ON=CC(=NOC(C)=O)c1ccccc1. The van der Waals surface area contributed by atoms with Crippen LogP contribution >= 0.6 is 0 Å². The molecule has 0 aliphatic heterocycles. The summed E-state index contributed by atoms with van der Waals surface area (Å²) in [7, 11) is 0. The maximum absolute atomic E-state index is 10.7. The van der Waals surface area contributed by atoms with Gasteiger partial charge in [-0.3, -0.25) is 0 Å². The fourth-order valence-corrected chi connectivity index (χ4v) is 1.02. The van der Waals surface area contributed by atoms with Gasteiger partial charge in [-0.1, -0.05) is 40.6 Å². The van der Waals surface area contributed by atoms with Crippen molar-refractivity contribution in [2.45, 2.75) is 13.8 Å². The fourth-order valence-electron chi connectivity index (χ4n) is 1.02. The topological polar surface area (TPSA) is 77.3 Å². The van der Waals surface area contributed by atoms with Crippen molar-refractivity contribution >= 4 is 23.9 Å². The van der Waals surface area contributed by atoms with Crippen LogP contribution in [0.5, 0.6) is 0 Å². The van der Waals surface area contributed by atoms with Crippen molar-refractivity contribution in [3.8, 4) is 0 Å². The Labute approximate surface area is 104 Å². The van der Waals surface area contributed by atoms with Gasteiger partial charge in [0.25, 0.3) is 0 Å². The van der Waals surface area contributed by atoms with E-state index in [9.17, 15) is 9.59 Å². The van der Waals surface area contributed by atoms with Crippen LogP contribution in [0.3, 0.4) is 0 Å². The molecule has 1 rings (SSSR count). The number of oxime groups is 2. The van der Waals surface area contributed by atoms with Crippen LogP contribution in [-0.2, 0) is 19.3 Å². The molecule has 0 aromatic heterocycles. The van der Waals surface area contributed by atoms with Crippen molar-refractivity contribution in [1.29, 1.82) is 0 Å². The molecule has 0 aliphatic rings. The number of carbonyl (C=O) groups is 2. The van der Waals surface area contributed by atoms with Crippen LogP contribution in [0.15, 0.2) is 40.6 Å². The van der Waals surface area contributed by atoms with Gasteiger partial charge in [0.1, 0.15) is 5.71 Å². The summed E-state index contributed by atoms with van der Waals surface area (Å²) < 4.78 is 0. The molecule has 0 amide bonds.